The Labute approximate surface area is 143 Å². The second-order valence-corrected chi connectivity index (χ2v) is 6.37. The minimum atomic E-state index is -0.105. The molecule has 2 aromatic carbocycles. The van der Waals surface area contributed by atoms with Crippen LogP contribution >= 0.6 is 0 Å². The van der Waals surface area contributed by atoms with E-state index in [2.05, 4.69) is 27.7 Å². The molecule has 0 atom stereocenters. The topological polar surface area (TPSA) is 44.4 Å². The van der Waals surface area contributed by atoms with Gasteiger partial charge in [-0.05, 0) is 49.2 Å². The molecule has 0 aromatic heterocycles. The van der Waals surface area contributed by atoms with E-state index in [1.807, 2.05) is 49.5 Å². The molecule has 126 valence electrons. The van der Waals surface area contributed by atoms with Gasteiger partial charge in [0.15, 0.2) is 0 Å². The fourth-order valence-corrected chi connectivity index (χ4v) is 3.17. The first-order chi connectivity index (χ1) is 11.7. The van der Waals surface area contributed by atoms with Crippen molar-refractivity contribution in [3.63, 3.8) is 0 Å². The van der Waals surface area contributed by atoms with Crippen molar-refractivity contribution in [2.75, 3.05) is 17.3 Å². The summed E-state index contributed by atoms with van der Waals surface area (Å²) < 4.78 is 0. The highest BCUT2D eigenvalue weighted by Crippen LogP contribution is 2.24. The van der Waals surface area contributed by atoms with Crippen molar-refractivity contribution < 1.29 is 4.79 Å². The second-order valence-electron chi connectivity index (χ2n) is 6.37. The van der Waals surface area contributed by atoms with Crippen LogP contribution in [0.25, 0.3) is 0 Å². The van der Waals surface area contributed by atoms with Crippen LogP contribution in [0, 0.1) is 0 Å². The summed E-state index contributed by atoms with van der Waals surface area (Å²) in [5.74, 6) is 0. The molecule has 0 heterocycles. The van der Waals surface area contributed by atoms with Gasteiger partial charge in [-0.3, -0.25) is 0 Å². The first-order valence-corrected chi connectivity index (χ1v) is 8.69. The van der Waals surface area contributed by atoms with Gasteiger partial charge in [0.2, 0.25) is 0 Å². The van der Waals surface area contributed by atoms with E-state index < -0.39 is 0 Å². The van der Waals surface area contributed by atoms with E-state index in [9.17, 15) is 4.79 Å². The quantitative estimate of drug-likeness (QED) is 0.840. The Kier molecular flexibility index (Phi) is 5.36. The molecule has 0 bridgehead atoms. The fourth-order valence-electron chi connectivity index (χ4n) is 3.17. The number of nitrogens with zero attached hydrogens (tertiary/aromatic N) is 1. The van der Waals surface area contributed by atoms with Gasteiger partial charge in [-0.2, -0.15) is 0 Å². The number of hydrogen-bond acceptors (Lipinski definition) is 2. The highest BCUT2D eigenvalue weighted by Gasteiger charge is 2.15. The van der Waals surface area contributed by atoms with Gasteiger partial charge < -0.3 is 15.5 Å². The van der Waals surface area contributed by atoms with Crippen LogP contribution in [0.1, 0.15) is 32.1 Å². The van der Waals surface area contributed by atoms with Crippen LogP contribution in [-0.4, -0.2) is 19.1 Å². The van der Waals surface area contributed by atoms with Crippen LogP contribution in [0.3, 0.4) is 0 Å². The van der Waals surface area contributed by atoms with Gasteiger partial charge in [-0.15, -0.1) is 0 Å². The van der Waals surface area contributed by atoms with E-state index >= 15 is 0 Å². The zero-order chi connectivity index (χ0) is 16.8. The monoisotopic (exact) mass is 323 g/mol. The third-order valence-corrected chi connectivity index (χ3v) is 4.60. The van der Waals surface area contributed by atoms with Crippen LogP contribution in [0.4, 0.5) is 21.9 Å². The molecule has 24 heavy (non-hydrogen) atoms. The number of hydrogen-bond donors (Lipinski definition) is 2. The average Bonchev–Trinajstić information content (AvgIpc) is 2.63. The summed E-state index contributed by atoms with van der Waals surface area (Å²) in [5, 5.41) is 6.00. The molecule has 0 radical (unpaired) electrons. The van der Waals surface area contributed by atoms with Crippen molar-refractivity contribution in [1.82, 2.24) is 5.32 Å². The minimum Gasteiger partial charge on any atom is -0.345 e. The van der Waals surface area contributed by atoms with Crippen molar-refractivity contribution in [2.45, 2.75) is 38.1 Å². The van der Waals surface area contributed by atoms with Crippen LogP contribution in [-0.2, 0) is 0 Å². The summed E-state index contributed by atoms with van der Waals surface area (Å²) in [6, 6.07) is 18.3. The largest absolute Gasteiger partial charge is 0.345 e. The molecule has 0 spiro atoms. The summed E-state index contributed by atoms with van der Waals surface area (Å²) in [5.41, 5.74) is 3.03. The summed E-state index contributed by atoms with van der Waals surface area (Å²) in [4.78, 5) is 14.2. The van der Waals surface area contributed by atoms with Gasteiger partial charge in [0.05, 0.1) is 0 Å². The Hall–Kier alpha value is -2.49. The normalized spacial score (nSPS) is 14.9. The highest BCUT2D eigenvalue weighted by molar-refractivity contribution is 5.89. The van der Waals surface area contributed by atoms with Crippen molar-refractivity contribution in [2.24, 2.45) is 0 Å². The standard InChI is InChI=1S/C20H25N3O/c1-23(18-10-6-3-7-11-18)19-14-12-17(13-15-19)22-20(24)21-16-8-4-2-5-9-16/h3,6-7,10-16H,2,4-5,8-9H2,1H3,(H2,21,22,24). The molecule has 0 aliphatic heterocycles. The molecule has 4 nitrogen and oxygen atoms in total. The van der Waals surface area contributed by atoms with Gasteiger partial charge in [0.1, 0.15) is 0 Å². The van der Waals surface area contributed by atoms with Crippen LogP contribution < -0.4 is 15.5 Å². The van der Waals surface area contributed by atoms with Gasteiger partial charge in [0.25, 0.3) is 0 Å². The van der Waals surface area contributed by atoms with E-state index in [-0.39, 0.29) is 6.03 Å². The van der Waals surface area contributed by atoms with E-state index in [4.69, 9.17) is 0 Å². The molecule has 2 aromatic rings. The molecule has 0 unspecified atom stereocenters. The molecule has 0 saturated heterocycles. The number of para-hydroxylation sites is 1. The molecule has 3 rings (SSSR count). The van der Waals surface area contributed by atoms with E-state index in [1.54, 1.807) is 0 Å². The second kappa shape index (κ2) is 7.86. The summed E-state index contributed by atoms with van der Waals surface area (Å²) >= 11 is 0. The molecular weight excluding hydrogens is 298 g/mol. The number of benzene rings is 2. The van der Waals surface area contributed by atoms with Crippen molar-refractivity contribution >= 4 is 23.1 Å². The molecule has 1 aliphatic carbocycles. The molecule has 1 fully saturated rings. The van der Waals surface area contributed by atoms with E-state index in [1.165, 1.54) is 19.3 Å². The predicted molar refractivity (Wildman–Crippen MR) is 100.0 cm³/mol. The maximum Gasteiger partial charge on any atom is 0.319 e. The third kappa shape index (κ3) is 4.28. The number of urea groups is 1. The SMILES string of the molecule is CN(c1ccccc1)c1ccc(NC(=O)NC2CCCCC2)cc1. The number of anilines is 3. The first-order valence-electron chi connectivity index (χ1n) is 8.69. The minimum absolute atomic E-state index is 0.105. The number of rotatable bonds is 4. The first kappa shape index (κ1) is 16.4. The average molecular weight is 323 g/mol. The zero-order valence-electron chi connectivity index (χ0n) is 14.2. The Morgan fingerprint density at radius 3 is 2.21 bits per heavy atom. The Bertz CT molecular complexity index is 648. The van der Waals surface area contributed by atoms with Gasteiger partial charge in [-0.1, -0.05) is 37.5 Å². The lowest BCUT2D eigenvalue weighted by Crippen LogP contribution is -2.38. The number of amides is 2. The summed E-state index contributed by atoms with van der Waals surface area (Å²) in [6.07, 6.45) is 5.90. The predicted octanol–water partition coefficient (Wildman–Crippen LogP) is 4.91. The lowest BCUT2D eigenvalue weighted by Gasteiger charge is -2.23. The molecular formula is C20H25N3O. The Morgan fingerprint density at radius 2 is 1.54 bits per heavy atom. The molecule has 2 N–H and O–H groups in total. The lowest BCUT2D eigenvalue weighted by molar-refractivity contribution is 0.244. The van der Waals surface area contributed by atoms with Crippen LogP contribution in [0.5, 0.6) is 0 Å². The molecule has 4 heteroatoms. The van der Waals surface area contributed by atoms with Gasteiger partial charge in [-0.25, -0.2) is 4.79 Å². The number of carbonyl (C=O) groups is 1. The highest BCUT2D eigenvalue weighted by atomic mass is 16.2. The van der Waals surface area contributed by atoms with Gasteiger partial charge in [0, 0.05) is 30.2 Å². The van der Waals surface area contributed by atoms with E-state index in [0.717, 1.165) is 29.9 Å². The smallest absolute Gasteiger partial charge is 0.319 e. The Morgan fingerprint density at radius 1 is 0.917 bits per heavy atom. The summed E-state index contributed by atoms with van der Waals surface area (Å²) in [6.45, 7) is 0. The van der Waals surface area contributed by atoms with E-state index in [0.29, 0.717) is 6.04 Å². The molecule has 1 saturated carbocycles. The molecule has 2 amide bonds. The number of nitrogens with one attached hydrogen (secondary N) is 2. The fraction of sp³-hybridized carbons (Fsp3) is 0.350. The maximum absolute atomic E-state index is 12.1. The third-order valence-electron chi connectivity index (χ3n) is 4.60. The summed E-state index contributed by atoms with van der Waals surface area (Å²) in [7, 11) is 2.04. The van der Waals surface area contributed by atoms with Crippen molar-refractivity contribution in [3.8, 4) is 0 Å². The van der Waals surface area contributed by atoms with Crippen LogP contribution in [0.15, 0.2) is 54.6 Å². The van der Waals surface area contributed by atoms with Crippen molar-refractivity contribution in [1.29, 1.82) is 0 Å². The van der Waals surface area contributed by atoms with Gasteiger partial charge >= 0.3 is 6.03 Å². The molecule has 1 aliphatic rings. The van der Waals surface area contributed by atoms with Crippen molar-refractivity contribution in [3.05, 3.63) is 54.6 Å². The maximum atomic E-state index is 12.1. The lowest BCUT2D eigenvalue weighted by atomic mass is 9.96. The Balaban J connectivity index is 1.57. The van der Waals surface area contributed by atoms with Crippen LogP contribution in [0.2, 0.25) is 0 Å². The number of carbonyl (C=O) groups excluding carboxylic acids is 1. The zero-order valence-corrected chi connectivity index (χ0v) is 14.2.